The Morgan fingerprint density at radius 2 is 1.92 bits per heavy atom. The largest absolute Gasteiger partial charge is 0.462 e. The van der Waals surface area contributed by atoms with Gasteiger partial charge in [0.25, 0.3) is 0 Å². The molecule has 0 unspecified atom stereocenters. The van der Waals surface area contributed by atoms with Crippen molar-refractivity contribution in [3.05, 3.63) is 35.9 Å². The number of carbonyl (C=O) groups excluding carboxylic acids is 1. The summed E-state index contributed by atoms with van der Waals surface area (Å²) in [6.45, 7) is 2.22. The molecule has 0 aliphatic rings. The van der Waals surface area contributed by atoms with E-state index in [1.54, 1.807) is 19.1 Å². The Morgan fingerprint density at radius 3 is 2.42 bits per heavy atom. The van der Waals surface area contributed by atoms with E-state index in [9.17, 15) is 4.79 Å². The second-order valence-electron chi connectivity index (χ2n) is 2.09. The number of rotatable bonds is 2. The summed E-state index contributed by atoms with van der Waals surface area (Å²) in [6, 6.07) is 8.96. The van der Waals surface area contributed by atoms with Gasteiger partial charge in [0.15, 0.2) is 0 Å². The second-order valence-corrected chi connectivity index (χ2v) is 2.09. The van der Waals surface area contributed by atoms with E-state index in [0.717, 1.165) is 0 Å². The van der Waals surface area contributed by atoms with E-state index in [2.05, 4.69) is 0 Å². The topological polar surface area (TPSA) is 26.3 Å². The Hall–Kier alpha value is -1.02. The molecule has 1 aromatic rings. The number of ether oxygens (including phenoxy) is 1. The normalized spacial score (nSPS) is 8.42. The zero-order valence-electron chi connectivity index (χ0n) is 6.82. The van der Waals surface area contributed by atoms with Gasteiger partial charge in [-0.1, -0.05) is 18.2 Å². The van der Waals surface area contributed by atoms with Crippen LogP contribution in [0.5, 0.6) is 0 Å². The second kappa shape index (κ2) is 5.61. The third-order valence-electron chi connectivity index (χ3n) is 1.28. The molecule has 66 valence electrons. The van der Waals surface area contributed by atoms with Crippen LogP contribution in [0.15, 0.2) is 30.3 Å². The minimum Gasteiger partial charge on any atom is -0.462 e. The summed E-state index contributed by atoms with van der Waals surface area (Å²) >= 11 is 0. The predicted molar refractivity (Wildman–Crippen MR) is 49.6 cm³/mol. The van der Waals surface area contributed by atoms with Crippen molar-refractivity contribution in [1.29, 1.82) is 0 Å². The molecule has 0 aromatic heterocycles. The van der Waals surface area contributed by atoms with Gasteiger partial charge < -0.3 is 4.74 Å². The molecule has 0 aliphatic carbocycles. The van der Waals surface area contributed by atoms with E-state index in [0.29, 0.717) is 12.2 Å². The van der Waals surface area contributed by atoms with Crippen LogP contribution in [0.1, 0.15) is 17.3 Å². The third kappa shape index (κ3) is 2.93. The summed E-state index contributed by atoms with van der Waals surface area (Å²) in [4.78, 5) is 11.0. The van der Waals surface area contributed by atoms with Crippen molar-refractivity contribution in [2.24, 2.45) is 0 Å². The van der Waals surface area contributed by atoms with E-state index in [4.69, 9.17) is 4.74 Å². The van der Waals surface area contributed by atoms with Crippen LogP contribution >= 0.6 is 12.4 Å². The molecule has 3 heteroatoms. The number of benzene rings is 1. The fourth-order valence-electron chi connectivity index (χ4n) is 0.789. The first kappa shape index (κ1) is 11.0. The van der Waals surface area contributed by atoms with Crippen LogP contribution in [0.25, 0.3) is 0 Å². The fraction of sp³-hybridized carbons (Fsp3) is 0.222. The van der Waals surface area contributed by atoms with Gasteiger partial charge in [-0.05, 0) is 19.1 Å². The molecule has 0 saturated carbocycles. The summed E-state index contributed by atoms with van der Waals surface area (Å²) in [7, 11) is 0. The highest BCUT2D eigenvalue weighted by molar-refractivity contribution is 5.89. The van der Waals surface area contributed by atoms with Crippen LogP contribution in [-0.4, -0.2) is 12.6 Å². The van der Waals surface area contributed by atoms with E-state index in [-0.39, 0.29) is 18.4 Å². The maximum atomic E-state index is 11.0. The van der Waals surface area contributed by atoms with Crippen molar-refractivity contribution >= 4 is 18.4 Å². The molecule has 0 aliphatic heterocycles. The molecule has 0 bridgehead atoms. The van der Waals surface area contributed by atoms with E-state index < -0.39 is 0 Å². The molecular weight excluding hydrogens is 176 g/mol. The molecule has 0 radical (unpaired) electrons. The molecule has 0 fully saturated rings. The van der Waals surface area contributed by atoms with Gasteiger partial charge in [-0.15, -0.1) is 12.4 Å². The van der Waals surface area contributed by atoms with E-state index >= 15 is 0 Å². The molecule has 0 spiro atoms. The smallest absolute Gasteiger partial charge is 0.338 e. The van der Waals surface area contributed by atoms with Crippen molar-refractivity contribution in [3.63, 3.8) is 0 Å². The first-order chi connectivity index (χ1) is 5.34. The van der Waals surface area contributed by atoms with Gasteiger partial charge in [0.1, 0.15) is 0 Å². The van der Waals surface area contributed by atoms with Crippen LogP contribution < -0.4 is 0 Å². The molecule has 0 atom stereocenters. The van der Waals surface area contributed by atoms with Crippen LogP contribution in [0.2, 0.25) is 0 Å². The Balaban J connectivity index is 0.00000121. The van der Waals surface area contributed by atoms with Gasteiger partial charge in [0.2, 0.25) is 0 Å². The van der Waals surface area contributed by atoms with Crippen LogP contribution in [0, 0.1) is 0 Å². The Morgan fingerprint density at radius 1 is 1.33 bits per heavy atom. The average molecular weight is 187 g/mol. The first-order valence-corrected chi connectivity index (χ1v) is 3.56. The number of halogens is 1. The molecule has 1 aromatic carbocycles. The Kier molecular flexibility index (Phi) is 5.13. The molecule has 0 saturated heterocycles. The quantitative estimate of drug-likeness (QED) is 0.663. The fourth-order valence-corrected chi connectivity index (χ4v) is 0.789. The van der Waals surface area contributed by atoms with Crippen molar-refractivity contribution in [2.45, 2.75) is 6.92 Å². The summed E-state index contributed by atoms with van der Waals surface area (Å²) in [5.74, 6) is -0.256. The number of hydrogen-bond acceptors (Lipinski definition) is 2. The molecule has 1 rings (SSSR count). The predicted octanol–water partition coefficient (Wildman–Crippen LogP) is 2.29. The number of esters is 1. The molecule has 2 nitrogen and oxygen atoms in total. The van der Waals surface area contributed by atoms with Crippen molar-refractivity contribution in [3.8, 4) is 0 Å². The number of carbonyl (C=O) groups is 1. The summed E-state index contributed by atoms with van der Waals surface area (Å²) in [6.07, 6.45) is 0. The Bertz CT molecular complexity index is 234. The van der Waals surface area contributed by atoms with Crippen molar-refractivity contribution < 1.29 is 9.53 Å². The van der Waals surface area contributed by atoms with Gasteiger partial charge in [0.05, 0.1) is 12.2 Å². The highest BCUT2D eigenvalue weighted by Crippen LogP contribution is 1.99. The minimum atomic E-state index is -0.256. The summed E-state index contributed by atoms with van der Waals surface area (Å²) in [5.41, 5.74) is 0.606. The highest BCUT2D eigenvalue weighted by Gasteiger charge is 2.02. The van der Waals surface area contributed by atoms with Gasteiger partial charge in [0, 0.05) is 0 Å². The molecular formula is C9H11ClO2. The van der Waals surface area contributed by atoms with Crippen molar-refractivity contribution in [2.75, 3.05) is 6.61 Å². The van der Waals surface area contributed by atoms with Crippen molar-refractivity contribution in [1.82, 2.24) is 0 Å². The van der Waals surface area contributed by atoms with Crippen LogP contribution in [-0.2, 0) is 4.74 Å². The van der Waals surface area contributed by atoms with Gasteiger partial charge in [-0.25, -0.2) is 4.79 Å². The first-order valence-electron chi connectivity index (χ1n) is 3.56. The van der Waals surface area contributed by atoms with Gasteiger partial charge >= 0.3 is 5.97 Å². The maximum Gasteiger partial charge on any atom is 0.338 e. The molecule has 0 heterocycles. The molecule has 0 N–H and O–H groups in total. The van der Waals surface area contributed by atoms with Crippen LogP contribution in [0.3, 0.4) is 0 Å². The summed E-state index contributed by atoms with van der Waals surface area (Å²) < 4.78 is 4.79. The van der Waals surface area contributed by atoms with Crippen LogP contribution in [0.4, 0.5) is 0 Å². The highest BCUT2D eigenvalue weighted by atomic mass is 35.5. The lowest BCUT2D eigenvalue weighted by Gasteiger charge is -1.99. The minimum absolute atomic E-state index is 0. The van der Waals surface area contributed by atoms with Gasteiger partial charge in [-0.3, -0.25) is 0 Å². The zero-order valence-corrected chi connectivity index (χ0v) is 7.64. The SMILES string of the molecule is CCOC(=O)c1ccccc1.Cl. The summed E-state index contributed by atoms with van der Waals surface area (Å²) in [5, 5.41) is 0. The lowest BCUT2D eigenvalue weighted by Crippen LogP contribution is -2.03. The third-order valence-corrected chi connectivity index (χ3v) is 1.28. The molecule has 0 amide bonds. The average Bonchev–Trinajstić information content (AvgIpc) is 2.07. The van der Waals surface area contributed by atoms with E-state index in [1.165, 1.54) is 0 Å². The Labute approximate surface area is 78.0 Å². The number of hydrogen-bond donors (Lipinski definition) is 0. The lowest BCUT2D eigenvalue weighted by molar-refractivity contribution is 0.0526. The van der Waals surface area contributed by atoms with Gasteiger partial charge in [-0.2, -0.15) is 0 Å². The maximum absolute atomic E-state index is 11.0. The lowest BCUT2D eigenvalue weighted by atomic mass is 10.2. The standard InChI is InChI=1S/C9H10O2.ClH/c1-2-11-9(10)8-6-4-3-5-7-8;/h3-7H,2H2,1H3;1H. The monoisotopic (exact) mass is 186 g/mol. The zero-order chi connectivity index (χ0) is 8.10. The van der Waals surface area contributed by atoms with E-state index in [1.807, 2.05) is 18.2 Å². The molecule has 12 heavy (non-hydrogen) atoms.